The van der Waals surface area contributed by atoms with Gasteiger partial charge in [0.15, 0.2) is 5.82 Å². The average molecular weight is 154 g/mol. The summed E-state index contributed by atoms with van der Waals surface area (Å²) in [6.45, 7) is 0. The van der Waals surface area contributed by atoms with Gasteiger partial charge >= 0.3 is 6.09 Å². The van der Waals surface area contributed by atoms with Crippen LogP contribution in [0, 0.1) is 0 Å². The molecule has 6 nitrogen and oxygen atoms in total. The van der Waals surface area contributed by atoms with E-state index in [-0.39, 0.29) is 5.82 Å². The lowest BCUT2D eigenvalue weighted by atomic mass is 10.6. The van der Waals surface area contributed by atoms with E-state index < -0.39 is 6.09 Å². The van der Waals surface area contributed by atoms with E-state index in [0.29, 0.717) is 5.01 Å². The third-order valence-electron chi connectivity index (χ3n) is 1.00. The van der Waals surface area contributed by atoms with Crippen LogP contribution in [-0.2, 0) is 0 Å². The third-order valence-corrected chi connectivity index (χ3v) is 1.00. The molecule has 0 aliphatic heterocycles. The molecule has 1 heterocycles. The second-order valence-electron chi connectivity index (χ2n) is 1.72. The molecule has 0 saturated carbocycles. The predicted octanol–water partition coefficient (Wildman–Crippen LogP) is -0.165. The van der Waals surface area contributed by atoms with Gasteiger partial charge in [0.1, 0.15) is 0 Å². The van der Waals surface area contributed by atoms with E-state index in [1.54, 1.807) is 0 Å². The summed E-state index contributed by atoms with van der Waals surface area (Å²) in [4.78, 5) is 17.5. The number of nitrogens with two attached hydrogens (primary N) is 1. The lowest BCUT2D eigenvalue weighted by Gasteiger charge is -2.08. The fraction of sp³-hybridized carbons (Fsp3) is 0. The van der Waals surface area contributed by atoms with Crippen LogP contribution in [0.4, 0.5) is 10.6 Å². The minimum Gasteiger partial charge on any atom is -0.464 e. The van der Waals surface area contributed by atoms with Gasteiger partial charge in [-0.2, -0.15) is 5.01 Å². The van der Waals surface area contributed by atoms with Gasteiger partial charge in [-0.25, -0.2) is 15.6 Å². The lowest BCUT2D eigenvalue weighted by Crippen LogP contribution is -2.36. The first kappa shape index (κ1) is 7.42. The highest BCUT2D eigenvalue weighted by molar-refractivity contribution is 5.82. The molecule has 0 spiro atoms. The summed E-state index contributed by atoms with van der Waals surface area (Å²) in [6.07, 6.45) is 2.77. The van der Waals surface area contributed by atoms with Gasteiger partial charge in [-0.1, -0.05) is 0 Å². The van der Waals surface area contributed by atoms with E-state index in [1.807, 2.05) is 0 Å². The van der Waals surface area contributed by atoms with E-state index in [0.717, 1.165) is 0 Å². The summed E-state index contributed by atoms with van der Waals surface area (Å²) in [5.74, 6) is 5.17. The van der Waals surface area contributed by atoms with Crippen molar-refractivity contribution < 1.29 is 9.90 Å². The summed E-state index contributed by atoms with van der Waals surface area (Å²) in [6, 6.07) is 0. The van der Waals surface area contributed by atoms with Gasteiger partial charge in [-0.15, -0.1) is 0 Å². The first-order valence-corrected chi connectivity index (χ1v) is 2.75. The first-order valence-electron chi connectivity index (χ1n) is 2.75. The number of amides is 1. The van der Waals surface area contributed by atoms with E-state index in [1.165, 1.54) is 18.6 Å². The predicted molar refractivity (Wildman–Crippen MR) is 36.7 cm³/mol. The Kier molecular flexibility index (Phi) is 1.98. The molecule has 0 aliphatic rings. The van der Waals surface area contributed by atoms with Gasteiger partial charge in [-0.3, -0.25) is 4.98 Å². The molecule has 0 saturated heterocycles. The molecule has 3 N–H and O–H groups in total. The van der Waals surface area contributed by atoms with Crippen LogP contribution in [0.25, 0.3) is 0 Å². The summed E-state index contributed by atoms with van der Waals surface area (Å²) in [5.41, 5.74) is 0. The van der Waals surface area contributed by atoms with E-state index in [2.05, 4.69) is 9.97 Å². The maximum Gasteiger partial charge on any atom is 0.427 e. The largest absolute Gasteiger partial charge is 0.464 e. The molecule has 1 rings (SSSR count). The summed E-state index contributed by atoms with van der Waals surface area (Å²) >= 11 is 0. The third kappa shape index (κ3) is 1.62. The molecule has 1 aromatic rings. The normalized spacial score (nSPS) is 9.18. The van der Waals surface area contributed by atoms with Crippen molar-refractivity contribution in [2.24, 2.45) is 5.84 Å². The van der Waals surface area contributed by atoms with Crippen molar-refractivity contribution >= 4 is 11.9 Å². The molecule has 0 atom stereocenters. The number of carboxylic acid groups (broad SMARTS) is 1. The van der Waals surface area contributed by atoms with Crippen LogP contribution in [0.2, 0.25) is 0 Å². The zero-order valence-electron chi connectivity index (χ0n) is 5.51. The molecule has 0 aliphatic carbocycles. The van der Waals surface area contributed by atoms with Gasteiger partial charge in [0.2, 0.25) is 0 Å². The van der Waals surface area contributed by atoms with Gasteiger partial charge in [0, 0.05) is 12.4 Å². The molecular formula is C5H6N4O2. The van der Waals surface area contributed by atoms with Crippen LogP contribution in [0.15, 0.2) is 18.6 Å². The van der Waals surface area contributed by atoms with Crippen molar-refractivity contribution in [2.45, 2.75) is 0 Å². The Hall–Kier alpha value is -1.69. The maximum atomic E-state index is 10.2. The molecule has 0 bridgehead atoms. The van der Waals surface area contributed by atoms with Crippen molar-refractivity contribution in [3.8, 4) is 0 Å². The number of hydrazine groups is 1. The molecule has 0 fully saturated rings. The number of hydrogen-bond acceptors (Lipinski definition) is 4. The van der Waals surface area contributed by atoms with E-state index >= 15 is 0 Å². The lowest BCUT2D eigenvalue weighted by molar-refractivity contribution is 0.201. The molecule has 0 radical (unpaired) electrons. The molecule has 11 heavy (non-hydrogen) atoms. The number of nitrogens with zero attached hydrogens (tertiary/aromatic N) is 3. The Morgan fingerprint density at radius 3 is 2.82 bits per heavy atom. The number of hydrogen-bond donors (Lipinski definition) is 2. The molecule has 0 unspecified atom stereocenters. The molecule has 1 aromatic heterocycles. The van der Waals surface area contributed by atoms with Crippen molar-refractivity contribution in [3.63, 3.8) is 0 Å². The smallest absolute Gasteiger partial charge is 0.427 e. The van der Waals surface area contributed by atoms with Gasteiger partial charge in [-0.05, 0) is 0 Å². The Bertz CT molecular complexity index is 250. The minimum atomic E-state index is -1.27. The molecule has 58 valence electrons. The standard InChI is InChI=1S/C5H6N4O2/c6-9(5(10)11)4-3-7-1-2-8-4/h1-3H,6H2,(H,10,11). The fourth-order valence-corrected chi connectivity index (χ4v) is 0.514. The van der Waals surface area contributed by atoms with E-state index in [9.17, 15) is 4.79 Å². The second-order valence-corrected chi connectivity index (χ2v) is 1.72. The quantitative estimate of drug-likeness (QED) is 0.333. The van der Waals surface area contributed by atoms with Crippen molar-refractivity contribution in [1.82, 2.24) is 9.97 Å². The second kappa shape index (κ2) is 2.93. The van der Waals surface area contributed by atoms with Crippen molar-refractivity contribution in [1.29, 1.82) is 0 Å². The number of anilines is 1. The van der Waals surface area contributed by atoms with E-state index in [4.69, 9.17) is 10.9 Å². The van der Waals surface area contributed by atoms with Crippen LogP contribution in [0.3, 0.4) is 0 Å². The number of rotatable bonds is 1. The van der Waals surface area contributed by atoms with Crippen molar-refractivity contribution in [3.05, 3.63) is 18.6 Å². The average Bonchev–Trinajstić information content (AvgIpc) is 2.05. The highest BCUT2D eigenvalue weighted by Crippen LogP contribution is 2.01. The van der Waals surface area contributed by atoms with Crippen LogP contribution < -0.4 is 10.9 Å². The van der Waals surface area contributed by atoms with Gasteiger partial charge < -0.3 is 5.11 Å². The Balaban J connectivity index is 2.85. The molecule has 6 heteroatoms. The summed E-state index contributed by atoms with van der Waals surface area (Å²) in [7, 11) is 0. The SMILES string of the molecule is NN(C(=O)O)c1cnccn1. The Morgan fingerprint density at radius 2 is 2.36 bits per heavy atom. The summed E-state index contributed by atoms with van der Waals surface area (Å²) < 4.78 is 0. The molecular weight excluding hydrogens is 148 g/mol. The Morgan fingerprint density at radius 1 is 1.64 bits per heavy atom. The van der Waals surface area contributed by atoms with Crippen LogP contribution in [0.1, 0.15) is 0 Å². The summed E-state index contributed by atoms with van der Waals surface area (Å²) in [5, 5.41) is 8.86. The molecule has 0 aromatic carbocycles. The van der Waals surface area contributed by atoms with Crippen molar-refractivity contribution in [2.75, 3.05) is 5.01 Å². The zero-order valence-corrected chi connectivity index (χ0v) is 5.51. The van der Waals surface area contributed by atoms with Gasteiger partial charge in [0.25, 0.3) is 0 Å². The highest BCUT2D eigenvalue weighted by atomic mass is 16.4. The number of aromatic nitrogens is 2. The number of carbonyl (C=O) groups is 1. The fourth-order valence-electron chi connectivity index (χ4n) is 0.514. The Labute approximate surface area is 62.3 Å². The highest BCUT2D eigenvalue weighted by Gasteiger charge is 2.09. The monoisotopic (exact) mass is 154 g/mol. The molecule has 1 amide bonds. The van der Waals surface area contributed by atoms with Crippen LogP contribution >= 0.6 is 0 Å². The van der Waals surface area contributed by atoms with Crippen LogP contribution in [0.5, 0.6) is 0 Å². The zero-order chi connectivity index (χ0) is 8.27. The van der Waals surface area contributed by atoms with Gasteiger partial charge in [0.05, 0.1) is 6.20 Å². The maximum absolute atomic E-state index is 10.2. The first-order chi connectivity index (χ1) is 5.22. The topological polar surface area (TPSA) is 92.3 Å². The van der Waals surface area contributed by atoms with Crippen LogP contribution in [-0.4, -0.2) is 21.2 Å². The minimum absolute atomic E-state index is 0.0972.